The largest absolute Gasteiger partial charge is 0.496 e. The highest BCUT2D eigenvalue weighted by atomic mass is 19.1. The fourth-order valence-corrected chi connectivity index (χ4v) is 1.20. The van der Waals surface area contributed by atoms with Crippen LogP contribution in [0.15, 0.2) is 12.1 Å². The highest BCUT2D eigenvalue weighted by Crippen LogP contribution is 2.25. The number of esters is 1. The van der Waals surface area contributed by atoms with Crippen LogP contribution >= 0.6 is 0 Å². The second-order valence-corrected chi connectivity index (χ2v) is 2.94. The second kappa shape index (κ2) is 4.63. The molecule has 0 aliphatic heterocycles. The lowest BCUT2D eigenvalue weighted by Gasteiger charge is -2.09. The summed E-state index contributed by atoms with van der Waals surface area (Å²) in [5.41, 5.74) is 5.83. The Labute approximate surface area is 86.8 Å². The van der Waals surface area contributed by atoms with Gasteiger partial charge in [0.05, 0.1) is 20.6 Å². The molecule has 0 unspecified atom stereocenters. The fourth-order valence-electron chi connectivity index (χ4n) is 1.20. The van der Waals surface area contributed by atoms with E-state index in [1.807, 2.05) is 0 Å². The van der Waals surface area contributed by atoms with Gasteiger partial charge in [-0.1, -0.05) is 0 Å². The van der Waals surface area contributed by atoms with Crippen molar-refractivity contribution in [1.29, 1.82) is 0 Å². The van der Waals surface area contributed by atoms with Gasteiger partial charge in [-0.2, -0.15) is 0 Å². The Balaban J connectivity index is 3.09. The maximum absolute atomic E-state index is 13.4. The molecule has 0 spiro atoms. The van der Waals surface area contributed by atoms with Gasteiger partial charge in [-0.3, -0.25) is 4.79 Å². The number of carbonyl (C=O) groups excluding carboxylic acids is 1. The van der Waals surface area contributed by atoms with Crippen LogP contribution in [0, 0.1) is 5.82 Å². The van der Waals surface area contributed by atoms with E-state index in [1.165, 1.54) is 20.3 Å². The van der Waals surface area contributed by atoms with Crippen LogP contribution < -0.4 is 10.5 Å². The number of halogens is 1. The molecule has 82 valence electrons. The molecule has 5 heteroatoms. The standard InChI is InChI=1S/C10H12FNO3/c1-14-9-4-6(12)3-8(11)7(9)5-10(13)15-2/h3-4H,5,12H2,1-2H3. The fraction of sp³-hybridized carbons (Fsp3) is 0.300. The van der Waals surface area contributed by atoms with E-state index in [2.05, 4.69) is 4.74 Å². The third-order valence-electron chi connectivity index (χ3n) is 1.95. The summed E-state index contributed by atoms with van der Waals surface area (Å²) in [6.07, 6.45) is -0.175. The molecule has 0 aliphatic rings. The highest BCUT2D eigenvalue weighted by molar-refractivity contribution is 5.74. The molecule has 4 nitrogen and oxygen atoms in total. The number of methoxy groups -OCH3 is 2. The Bertz CT molecular complexity index is 379. The van der Waals surface area contributed by atoms with Crippen molar-refractivity contribution in [3.05, 3.63) is 23.5 Å². The summed E-state index contributed by atoms with van der Waals surface area (Å²) < 4.78 is 22.8. The molecule has 15 heavy (non-hydrogen) atoms. The van der Waals surface area contributed by atoms with E-state index in [1.54, 1.807) is 0 Å². The van der Waals surface area contributed by atoms with Crippen LogP contribution in [-0.2, 0) is 16.0 Å². The smallest absolute Gasteiger partial charge is 0.310 e. The van der Waals surface area contributed by atoms with Gasteiger partial charge in [-0.15, -0.1) is 0 Å². The molecule has 0 saturated carbocycles. The Hall–Kier alpha value is -1.78. The minimum atomic E-state index is -0.572. The van der Waals surface area contributed by atoms with Crippen LogP contribution in [-0.4, -0.2) is 20.2 Å². The Morgan fingerprint density at radius 3 is 2.67 bits per heavy atom. The summed E-state index contributed by atoms with van der Waals surface area (Å²) in [6, 6.07) is 2.60. The normalized spacial score (nSPS) is 9.80. The number of rotatable bonds is 3. The van der Waals surface area contributed by atoms with Gasteiger partial charge in [-0.05, 0) is 6.07 Å². The van der Waals surface area contributed by atoms with Gasteiger partial charge in [0.25, 0.3) is 0 Å². The first-order chi connectivity index (χ1) is 7.08. The molecule has 0 saturated heterocycles. The number of carbonyl (C=O) groups is 1. The predicted molar refractivity (Wildman–Crippen MR) is 53.1 cm³/mol. The molecule has 0 fully saturated rings. The number of nitrogens with two attached hydrogens (primary N) is 1. The Morgan fingerprint density at radius 1 is 1.47 bits per heavy atom. The van der Waals surface area contributed by atoms with Crippen LogP contribution in [0.3, 0.4) is 0 Å². The molecule has 1 aromatic carbocycles. The minimum Gasteiger partial charge on any atom is -0.496 e. The van der Waals surface area contributed by atoms with Gasteiger partial charge in [-0.25, -0.2) is 4.39 Å². The van der Waals surface area contributed by atoms with Crippen LogP contribution in [0.5, 0.6) is 5.75 Å². The predicted octanol–water partition coefficient (Wildman–Crippen LogP) is 1.13. The molecule has 0 atom stereocenters. The Morgan fingerprint density at radius 2 is 2.13 bits per heavy atom. The molecule has 2 N–H and O–H groups in total. The van der Waals surface area contributed by atoms with Crippen molar-refractivity contribution in [2.45, 2.75) is 6.42 Å². The number of nitrogen functional groups attached to an aromatic ring is 1. The van der Waals surface area contributed by atoms with Gasteiger partial charge in [0.1, 0.15) is 11.6 Å². The first kappa shape index (κ1) is 11.3. The third-order valence-corrected chi connectivity index (χ3v) is 1.95. The molecule has 1 aromatic rings. The summed E-state index contributed by atoms with van der Waals surface area (Å²) in [5.74, 6) is -0.855. The summed E-state index contributed by atoms with van der Waals surface area (Å²) in [4.78, 5) is 11.0. The van der Waals surface area contributed by atoms with Crippen molar-refractivity contribution < 1.29 is 18.7 Å². The zero-order valence-corrected chi connectivity index (χ0v) is 8.54. The van der Waals surface area contributed by atoms with Crippen molar-refractivity contribution in [3.8, 4) is 5.75 Å². The molecular formula is C10H12FNO3. The second-order valence-electron chi connectivity index (χ2n) is 2.94. The van der Waals surface area contributed by atoms with Gasteiger partial charge >= 0.3 is 5.97 Å². The van der Waals surface area contributed by atoms with Gasteiger partial charge in [0.2, 0.25) is 0 Å². The maximum Gasteiger partial charge on any atom is 0.310 e. The number of ether oxygens (including phenoxy) is 2. The van der Waals surface area contributed by atoms with Crippen molar-refractivity contribution in [2.75, 3.05) is 20.0 Å². The van der Waals surface area contributed by atoms with Crippen LogP contribution in [0.4, 0.5) is 10.1 Å². The average molecular weight is 213 g/mol. The van der Waals surface area contributed by atoms with Gasteiger partial charge in [0, 0.05) is 17.3 Å². The van der Waals surface area contributed by atoms with Crippen molar-refractivity contribution in [3.63, 3.8) is 0 Å². The zero-order valence-electron chi connectivity index (χ0n) is 8.54. The molecule has 0 radical (unpaired) electrons. The molecular weight excluding hydrogens is 201 g/mol. The SMILES string of the molecule is COC(=O)Cc1c(F)cc(N)cc1OC. The molecule has 1 rings (SSSR count). The lowest BCUT2D eigenvalue weighted by Crippen LogP contribution is -2.08. The summed E-state index contributed by atoms with van der Waals surface area (Å²) in [7, 11) is 2.62. The average Bonchev–Trinajstić information content (AvgIpc) is 2.21. The summed E-state index contributed by atoms with van der Waals surface area (Å²) >= 11 is 0. The summed E-state index contributed by atoms with van der Waals surface area (Å²) in [6.45, 7) is 0. The van der Waals surface area contributed by atoms with Crippen LogP contribution in [0.1, 0.15) is 5.56 Å². The zero-order chi connectivity index (χ0) is 11.4. The first-order valence-corrected chi connectivity index (χ1v) is 4.27. The van der Waals surface area contributed by atoms with E-state index in [-0.39, 0.29) is 23.4 Å². The monoisotopic (exact) mass is 213 g/mol. The highest BCUT2D eigenvalue weighted by Gasteiger charge is 2.14. The quantitative estimate of drug-likeness (QED) is 0.604. The molecule has 0 heterocycles. The topological polar surface area (TPSA) is 61.5 Å². The molecule has 0 aliphatic carbocycles. The van der Waals surface area contributed by atoms with Crippen molar-refractivity contribution >= 4 is 11.7 Å². The van der Waals surface area contributed by atoms with E-state index in [0.717, 1.165) is 6.07 Å². The molecule has 0 aromatic heterocycles. The van der Waals surface area contributed by atoms with E-state index in [0.29, 0.717) is 0 Å². The van der Waals surface area contributed by atoms with E-state index < -0.39 is 11.8 Å². The minimum absolute atomic E-state index is 0.151. The van der Waals surface area contributed by atoms with E-state index in [4.69, 9.17) is 10.5 Å². The van der Waals surface area contributed by atoms with E-state index in [9.17, 15) is 9.18 Å². The maximum atomic E-state index is 13.4. The van der Waals surface area contributed by atoms with E-state index >= 15 is 0 Å². The van der Waals surface area contributed by atoms with Crippen molar-refractivity contribution in [1.82, 2.24) is 0 Å². The summed E-state index contributed by atoms with van der Waals surface area (Å²) in [5, 5.41) is 0. The van der Waals surface area contributed by atoms with Gasteiger partial charge < -0.3 is 15.2 Å². The number of hydrogen-bond donors (Lipinski definition) is 1. The lowest BCUT2D eigenvalue weighted by atomic mass is 10.1. The lowest BCUT2D eigenvalue weighted by molar-refractivity contribution is -0.139. The first-order valence-electron chi connectivity index (χ1n) is 4.27. The van der Waals surface area contributed by atoms with Crippen LogP contribution in [0.2, 0.25) is 0 Å². The third kappa shape index (κ3) is 2.59. The Kier molecular flexibility index (Phi) is 3.49. The van der Waals surface area contributed by atoms with Gasteiger partial charge in [0.15, 0.2) is 0 Å². The van der Waals surface area contributed by atoms with Crippen LogP contribution in [0.25, 0.3) is 0 Å². The molecule has 0 bridgehead atoms. The van der Waals surface area contributed by atoms with Crippen molar-refractivity contribution in [2.24, 2.45) is 0 Å². The number of anilines is 1. The number of benzene rings is 1. The molecule has 0 amide bonds. The number of hydrogen-bond acceptors (Lipinski definition) is 4.